The lowest BCUT2D eigenvalue weighted by atomic mass is 9.84. The van der Waals surface area contributed by atoms with Crippen LogP contribution in [-0.4, -0.2) is 30.1 Å². The van der Waals surface area contributed by atoms with Crippen molar-refractivity contribution in [3.63, 3.8) is 0 Å². The Morgan fingerprint density at radius 2 is 2.21 bits per heavy atom. The van der Waals surface area contributed by atoms with Crippen molar-refractivity contribution in [1.29, 1.82) is 0 Å². The van der Waals surface area contributed by atoms with Gasteiger partial charge in [-0.1, -0.05) is 19.9 Å². The molecule has 0 saturated carbocycles. The second kappa shape index (κ2) is 6.75. The zero-order valence-electron chi connectivity index (χ0n) is 14.7. The number of hydrogen-bond donors (Lipinski definition) is 2. The van der Waals surface area contributed by atoms with E-state index in [4.69, 9.17) is 10.5 Å². The Bertz CT molecular complexity index is 656. The summed E-state index contributed by atoms with van der Waals surface area (Å²) in [5, 5.41) is 3.56. The molecule has 24 heavy (non-hydrogen) atoms. The molecule has 0 radical (unpaired) electrons. The van der Waals surface area contributed by atoms with E-state index >= 15 is 0 Å². The van der Waals surface area contributed by atoms with Crippen LogP contribution < -0.4 is 15.8 Å². The van der Waals surface area contributed by atoms with Crippen molar-refractivity contribution in [2.45, 2.75) is 51.7 Å². The van der Waals surface area contributed by atoms with E-state index in [2.05, 4.69) is 36.2 Å². The highest BCUT2D eigenvalue weighted by Crippen LogP contribution is 2.43. The lowest BCUT2D eigenvalue weighted by molar-refractivity contribution is -0.125. The number of ether oxygens (including phenoxy) is 1. The molecule has 0 spiro atoms. The highest BCUT2D eigenvalue weighted by atomic mass is 16.5. The first-order chi connectivity index (χ1) is 11.6. The zero-order valence-corrected chi connectivity index (χ0v) is 14.7. The van der Waals surface area contributed by atoms with Crippen LogP contribution in [0.3, 0.4) is 0 Å². The van der Waals surface area contributed by atoms with Crippen molar-refractivity contribution in [3.8, 4) is 5.75 Å². The molecule has 130 valence electrons. The number of amides is 1. The van der Waals surface area contributed by atoms with Crippen LogP contribution in [0.2, 0.25) is 0 Å². The number of anilines is 1. The molecule has 1 aromatic rings. The molecule has 2 heterocycles. The van der Waals surface area contributed by atoms with Crippen LogP contribution in [0.4, 0.5) is 5.69 Å². The summed E-state index contributed by atoms with van der Waals surface area (Å²) in [6.07, 6.45) is 5.99. The molecule has 3 atom stereocenters. The second-order valence-corrected chi connectivity index (χ2v) is 6.55. The van der Waals surface area contributed by atoms with Gasteiger partial charge in [-0.2, -0.15) is 0 Å². The van der Waals surface area contributed by atoms with Gasteiger partial charge in [0.2, 0.25) is 5.91 Å². The van der Waals surface area contributed by atoms with E-state index < -0.39 is 0 Å². The van der Waals surface area contributed by atoms with E-state index in [1.54, 1.807) is 7.11 Å². The molecule has 3 rings (SSSR count). The van der Waals surface area contributed by atoms with E-state index in [1.807, 2.05) is 12.1 Å². The van der Waals surface area contributed by atoms with Crippen LogP contribution in [0.15, 0.2) is 24.3 Å². The lowest BCUT2D eigenvalue weighted by Crippen LogP contribution is -2.58. The van der Waals surface area contributed by atoms with Gasteiger partial charge in [0.25, 0.3) is 0 Å². The van der Waals surface area contributed by atoms with Crippen LogP contribution in [0, 0.1) is 5.92 Å². The van der Waals surface area contributed by atoms with Gasteiger partial charge in [0.1, 0.15) is 11.9 Å². The third-order valence-corrected chi connectivity index (χ3v) is 5.20. The number of piperidine rings is 1. The zero-order chi connectivity index (χ0) is 17.3. The van der Waals surface area contributed by atoms with Crippen molar-refractivity contribution in [2.75, 3.05) is 12.4 Å². The van der Waals surface area contributed by atoms with Crippen LogP contribution in [0.5, 0.6) is 5.75 Å². The number of methoxy groups -OCH3 is 1. The molecule has 1 amide bonds. The SMILES string of the molecule is CCC=C1c2cc(OC)ccc2NC2C(C(N)=O)CCC(CC)N12. The molecule has 5 heteroatoms. The highest BCUT2D eigenvalue weighted by Gasteiger charge is 2.43. The first-order valence-electron chi connectivity index (χ1n) is 8.83. The fourth-order valence-corrected chi connectivity index (χ4v) is 4.00. The number of hydrogen-bond acceptors (Lipinski definition) is 4. The van der Waals surface area contributed by atoms with Crippen LogP contribution in [-0.2, 0) is 4.79 Å². The number of fused-ring (bicyclic) bond motifs is 2. The molecule has 1 fully saturated rings. The minimum atomic E-state index is -0.222. The monoisotopic (exact) mass is 329 g/mol. The van der Waals surface area contributed by atoms with Gasteiger partial charge in [0, 0.05) is 23.0 Å². The fourth-order valence-electron chi connectivity index (χ4n) is 4.00. The fraction of sp³-hybridized carbons (Fsp3) is 0.526. The lowest BCUT2D eigenvalue weighted by Gasteiger charge is -2.51. The third-order valence-electron chi connectivity index (χ3n) is 5.20. The van der Waals surface area contributed by atoms with Crippen molar-refractivity contribution in [3.05, 3.63) is 29.8 Å². The first-order valence-corrected chi connectivity index (χ1v) is 8.83. The number of rotatable bonds is 4. The molecule has 0 aromatic heterocycles. The van der Waals surface area contributed by atoms with Gasteiger partial charge in [0.05, 0.1) is 13.0 Å². The number of primary amides is 1. The van der Waals surface area contributed by atoms with Crippen molar-refractivity contribution >= 4 is 17.3 Å². The Balaban J connectivity index is 2.12. The van der Waals surface area contributed by atoms with E-state index in [0.717, 1.165) is 42.7 Å². The maximum Gasteiger partial charge on any atom is 0.224 e. The van der Waals surface area contributed by atoms with Crippen molar-refractivity contribution < 1.29 is 9.53 Å². The van der Waals surface area contributed by atoms with Crippen molar-refractivity contribution in [1.82, 2.24) is 4.90 Å². The molecule has 0 bridgehead atoms. The smallest absolute Gasteiger partial charge is 0.224 e. The molecule has 0 aliphatic carbocycles. The van der Waals surface area contributed by atoms with Crippen molar-refractivity contribution in [2.24, 2.45) is 11.7 Å². The summed E-state index contributed by atoms with van der Waals surface area (Å²) >= 11 is 0. The summed E-state index contributed by atoms with van der Waals surface area (Å²) in [5.41, 5.74) is 9.07. The standard InChI is InChI=1S/C19H27N3O2/c1-4-6-17-15-11-13(24-3)8-10-16(15)21-19-14(18(20)23)9-7-12(5-2)22(17)19/h6,8,10-12,14,19,21H,4-5,7,9H2,1-3H3,(H2,20,23). The largest absolute Gasteiger partial charge is 0.497 e. The average molecular weight is 329 g/mol. The number of carbonyl (C=O) groups is 1. The molecule has 5 nitrogen and oxygen atoms in total. The van der Waals surface area contributed by atoms with Crippen LogP contribution in [0.25, 0.3) is 5.70 Å². The molecular weight excluding hydrogens is 302 g/mol. The number of benzene rings is 1. The Hall–Kier alpha value is -2.17. The van der Waals surface area contributed by atoms with Crippen LogP contribution in [0.1, 0.15) is 45.1 Å². The maximum atomic E-state index is 12.0. The highest BCUT2D eigenvalue weighted by molar-refractivity contribution is 5.83. The van der Waals surface area contributed by atoms with E-state index in [1.165, 1.54) is 5.70 Å². The Labute approximate surface area is 143 Å². The first kappa shape index (κ1) is 16.7. The number of carbonyl (C=O) groups excluding carboxylic acids is 1. The Morgan fingerprint density at radius 1 is 1.42 bits per heavy atom. The minimum Gasteiger partial charge on any atom is -0.497 e. The van der Waals surface area contributed by atoms with Gasteiger partial charge in [-0.25, -0.2) is 0 Å². The summed E-state index contributed by atoms with van der Waals surface area (Å²) in [6.45, 7) is 4.34. The quantitative estimate of drug-likeness (QED) is 0.890. The number of allylic oxidation sites excluding steroid dienone is 1. The molecule has 1 saturated heterocycles. The topological polar surface area (TPSA) is 67.6 Å². The Kier molecular flexibility index (Phi) is 4.69. The number of nitrogens with one attached hydrogen (secondary N) is 1. The van der Waals surface area contributed by atoms with E-state index in [-0.39, 0.29) is 18.0 Å². The molecule has 3 unspecified atom stereocenters. The summed E-state index contributed by atoms with van der Waals surface area (Å²) in [5.74, 6) is 0.440. The number of nitrogens with two attached hydrogens (primary N) is 1. The summed E-state index contributed by atoms with van der Waals surface area (Å²) < 4.78 is 5.41. The summed E-state index contributed by atoms with van der Waals surface area (Å²) in [4.78, 5) is 14.4. The predicted molar refractivity (Wildman–Crippen MR) is 96.5 cm³/mol. The molecule has 2 aliphatic heterocycles. The summed E-state index contributed by atoms with van der Waals surface area (Å²) in [7, 11) is 1.68. The average Bonchev–Trinajstić information content (AvgIpc) is 2.60. The molecular formula is C19H27N3O2. The second-order valence-electron chi connectivity index (χ2n) is 6.55. The van der Waals surface area contributed by atoms with Gasteiger partial charge in [-0.3, -0.25) is 4.79 Å². The van der Waals surface area contributed by atoms with Gasteiger partial charge >= 0.3 is 0 Å². The Morgan fingerprint density at radius 3 is 2.83 bits per heavy atom. The van der Waals surface area contributed by atoms with Gasteiger partial charge in [-0.15, -0.1) is 0 Å². The van der Waals surface area contributed by atoms with E-state index in [0.29, 0.717) is 6.04 Å². The van der Waals surface area contributed by atoms with E-state index in [9.17, 15) is 4.79 Å². The number of nitrogens with zero attached hydrogens (tertiary/aromatic N) is 1. The normalized spacial score (nSPS) is 27.2. The third kappa shape index (κ3) is 2.72. The maximum absolute atomic E-state index is 12.0. The predicted octanol–water partition coefficient (Wildman–Crippen LogP) is 3.17. The van der Waals surface area contributed by atoms with Gasteiger partial charge in [-0.05, 0) is 43.9 Å². The summed E-state index contributed by atoms with van der Waals surface area (Å²) in [6, 6.07) is 6.46. The van der Waals surface area contributed by atoms with Crippen LogP contribution >= 0.6 is 0 Å². The van der Waals surface area contributed by atoms with Gasteiger partial charge in [0.15, 0.2) is 0 Å². The molecule has 1 aromatic carbocycles. The molecule has 3 N–H and O–H groups in total. The molecule has 2 aliphatic rings. The minimum absolute atomic E-state index is 0.0695. The van der Waals surface area contributed by atoms with Gasteiger partial charge < -0.3 is 20.7 Å².